The number of halogens is 2. The van der Waals surface area contributed by atoms with Gasteiger partial charge in [0.2, 0.25) is 0 Å². The maximum absolute atomic E-state index is 9.16. The van der Waals surface area contributed by atoms with Gasteiger partial charge in [0.05, 0.1) is 10.0 Å². The Morgan fingerprint density at radius 1 is 0.812 bits per heavy atom. The molecule has 0 saturated carbocycles. The number of benzene rings is 2. The highest BCUT2D eigenvalue weighted by Gasteiger charge is 2.01. The second-order valence-electron chi connectivity index (χ2n) is 3.59. The van der Waals surface area contributed by atoms with Crippen LogP contribution >= 0.6 is 23.2 Å². The topological polar surface area (TPSA) is 20.2 Å². The third kappa shape index (κ3) is 2.69. The molecule has 0 atom stereocenters. The van der Waals surface area contributed by atoms with Gasteiger partial charge in [-0.2, -0.15) is 0 Å². The van der Waals surface area contributed by atoms with Crippen molar-refractivity contribution in [1.82, 2.24) is 0 Å². The van der Waals surface area contributed by atoms with E-state index >= 15 is 0 Å². The first-order valence-electron chi connectivity index (χ1n) is 4.87. The number of hydrogen-bond acceptors (Lipinski definition) is 1. The highest BCUT2D eigenvalue weighted by atomic mass is 35.5. The highest BCUT2D eigenvalue weighted by Crippen LogP contribution is 2.24. The zero-order chi connectivity index (χ0) is 11.5. The molecule has 2 rings (SSSR count). The largest absolute Gasteiger partial charge is 0.508 e. The summed E-state index contributed by atoms with van der Waals surface area (Å²) in [4.78, 5) is 0. The van der Waals surface area contributed by atoms with Gasteiger partial charge in [-0.15, -0.1) is 0 Å². The predicted molar refractivity (Wildman–Crippen MR) is 67.4 cm³/mol. The molecule has 16 heavy (non-hydrogen) atoms. The number of phenolic OH excluding ortho intramolecular Hbond substituents is 1. The van der Waals surface area contributed by atoms with E-state index in [1.165, 1.54) is 0 Å². The molecule has 1 nitrogen and oxygen atoms in total. The molecule has 1 N–H and O–H groups in total. The van der Waals surface area contributed by atoms with E-state index in [9.17, 15) is 0 Å². The van der Waals surface area contributed by atoms with Gasteiger partial charge in [-0.25, -0.2) is 0 Å². The SMILES string of the molecule is Oc1ccc(Cc2ccc(Cl)c(Cl)c2)cc1. The summed E-state index contributed by atoms with van der Waals surface area (Å²) in [5, 5.41) is 10.3. The van der Waals surface area contributed by atoms with Crippen molar-refractivity contribution < 1.29 is 5.11 Å². The highest BCUT2D eigenvalue weighted by molar-refractivity contribution is 6.42. The fourth-order valence-electron chi connectivity index (χ4n) is 1.50. The van der Waals surface area contributed by atoms with Crippen molar-refractivity contribution in [3.05, 3.63) is 63.6 Å². The van der Waals surface area contributed by atoms with Crippen LogP contribution in [0.2, 0.25) is 10.0 Å². The Morgan fingerprint density at radius 2 is 1.44 bits per heavy atom. The first kappa shape index (κ1) is 11.3. The minimum absolute atomic E-state index is 0.276. The van der Waals surface area contributed by atoms with E-state index in [4.69, 9.17) is 28.3 Å². The maximum Gasteiger partial charge on any atom is 0.115 e. The Balaban J connectivity index is 2.20. The van der Waals surface area contributed by atoms with Crippen LogP contribution in [0.25, 0.3) is 0 Å². The number of aromatic hydroxyl groups is 1. The lowest BCUT2D eigenvalue weighted by Crippen LogP contribution is -1.87. The quantitative estimate of drug-likeness (QED) is 0.846. The van der Waals surface area contributed by atoms with Crippen LogP contribution in [0.3, 0.4) is 0 Å². The van der Waals surface area contributed by atoms with E-state index in [0.717, 1.165) is 17.5 Å². The molecule has 0 spiro atoms. The van der Waals surface area contributed by atoms with Crippen LogP contribution in [0, 0.1) is 0 Å². The molecule has 0 aliphatic rings. The monoisotopic (exact) mass is 252 g/mol. The Bertz CT molecular complexity index is 492. The molecular formula is C13H10Cl2O. The van der Waals surface area contributed by atoms with Gasteiger partial charge in [-0.1, -0.05) is 41.4 Å². The molecule has 0 aromatic heterocycles. The average molecular weight is 253 g/mol. The molecule has 0 fully saturated rings. The molecule has 0 heterocycles. The van der Waals surface area contributed by atoms with Gasteiger partial charge in [0, 0.05) is 0 Å². The molecule has 0 unspecified atom stereocenters. The molecule has 0 saturated heterocycles. The predicted octanol–water partition coefficient (Wildman–Crippen LogP) is 4.29. The normalized spacial score (nSPS) is 10.4. The van der Waals surface area contributed by atoms with Crippen molar-refractivity contribution >= 4 is 23.2 Å². The molecule has 0 aliphatic heterocycles. The summed E-state index contributed by atoms with van der Waals surface area (Å²) in [6, 6.07) is 12.7. The smallest absolute Gasteiger partial charge is 0.115 e. The summed E-state index contributed by atoms with van der Waals surface area (Å²) in [6.45, 7) is 0. The van der Waals surface area contributed by atoms with Crippen LogP contribution in [-0.4, -0.2) is 5.11 Å². The molecule has 3 heteroatoms. The van der Waals surface area contributed by atoms with Crippen molar-refractivity contribution in [3.63, 3.8) is 0 Å². The van der Waals surface area contributed by atoms with Gasteiger partial charge in [-0.05, 0) is 41.8 Å². The van der Waals surface area contributed by atoms with Crippen LogP contribution in [0.5, 0.6) is 5.75 Å². The van der Waals surface area contributed by atoms with E-state index in [1.807, 2.05) is 24.3 Å². The second kappa shape index (κ2) is 4.77. The van der Waals surface area contributed by atoms with E-state index < -0.39 is 0 Å². The van der Waals surface area contributed by atoms with Crippen molar-refractivity contribution in [2.45, 2.75) is 6.42 Å². The maximum atomic E-state index is 9.16. The molecule has 2 aromatic carbocycles. The first-order valence-corrected chi connectivity index (χ1v) is 5.62. The Kier molecular flexibility index (Phi) is 3.37. The second-order valence-corrected chi connectivity index (χ2v) is 4.41. The molecule has 0 radical (unpaired) electrons. The fourth-order valence-corrected chi connectivity index (χ4v) is 1.82. The summed E-state index contributed by atoms with van der Waals surface area (Å²) in [5.41, 5.74) is 2.22. The third-order valence-corrected chi connectivity index (χ3v) is 3.07. The van der Waals surface area contributed by atoms with Gasteiger partial charge in [0.1, 0.15) is 5.75 Å². The van der Waals surface area contributed by atoms with Gasteiger partial charge in [-0.3, -0.25) is 0 Å². The minimum atomic E-state index is 0.276. The van der Waals surface area contributed by atoms with E-state index in [-0.39, 0.29) is 5.75 Å². The van der Waals surface area contributed by atoms with Crippen LogP contribution in [0.1, 0.15) is 11.1 Å². The average Bonchev–Trinajstić information content (AvgIpc) is 2.27. The number of rotatable bonds is 2. The van der Waals surface area contributed by atoms with E-state index in [0.29, 0.717) is 10.0 Å². The van der Waals surface area contributed by atoms with Crippen molar-refractivity contribution in [3.8, 4) is 5.75 Å². The first-order chi connectivity index (χ1) is 7.65. The van der Waals surface area contributed by atoms with Crippen molar-refractivity contribution in [1.29, 1.82) is 0 Å². The van der Waals surface area contributed by atoms with Crippen molar-refractivity contribution in [2.24, 2.45) is 0 Å². The molecule has 0 aliphatic carbocycles. The molecule has 0 amide bonds. The lowest BCUT2D eigenvalue weighted by atomic mass is 10.1. The number of hydrogen-bond donors (Lipinski definition) is 1. The van der Waals surface area contributed by atoms with Crippen LogP contribution in [-0.2, 0) is 6.42 Å². The zero-order valence-corrected chi connectivity index (χ0v) is 9.96. The van der Waals surface area contributed by atoms with Gasteiger partial charge < -0.3 is 5.11 Å². The lowest BCUT2D eigenvalue weighted by molar-refractivity contribution is 0.475. The van der Waals surface area contributed by atoms with E-state index in [2.05, 4.69) is 0 Å². The van der Waals surface area contributed by atoms with Crippen LogP contribution < -0.4 is 0 Å². The van der Waals surface area contributed by atoms with Gasteiger partial charge >= 0.3 is 0 Å². The van der Waals surface area contributed by atoms with E-state index in [1.54, 1.807) is 18.2 Å². The molecular weight excluding hydrogens is 243 g/mol. The lowest BCUT2D eigenvalue weighted by Gasteiger charge is -2.03. The summed E-state index contributed by atoms with van der Waals surface area (Å²) >= 11 is 11.8. The summed E-state index contributed by atoms with van der Waals surface area (Å²) in [6.07, 6.45) is 0.775. The summed E-state index contributed by atoms with van der Waals surface area (Å²) in [7, 11) is 0. The Morgan fingerprint density at radius 3 is 2.06 bits per heavy atom. The molecule has 0 bridgehead atoms. The molecule has 2 aromatic rings. The fraction of sp³-hybridized carbons (Fsp3) is 0.0769. The number of phenols is 1. The van der Waals surface area contributed by atoms with Crippen LogP contribution in [0.15, 0.2) is 42.5 Å². The van der Waals surface area contributed by atoms with Crippen LogP contribution in [0.4, 0.5) is 0 Å². The molecule has 82 valence electrons. The summed E-state index contributed by atoms with van der Waals surface area (Å²) < 4.78 is 0. The van der Waals surface area contributed by atoms with Crippen molar-refractivity contribution in [2.75, 3.05) is 0 Å². The summed E-state index contributed by atoms with van der Waals surface area (Å²) in [5.74, 6) is 0.276. The minimum Gasteiger partial charge on any atom is -0.508 e. The Labute approximate surface area is 104 Å². The van der Waals surface area contributed by atoms with Gasteiger partial charge in [0.25, 0.3) is 0 Å². The standard InChI is InChI=1S/C13H10Cl2O/c14-12-6-3-10(8-13(12)15)7-9-1-4-11(16)5-2-9/h1-6,8,16H,7H2. The third-order valence-electron chi connectivity index (χ3n) is 2.33. The zero-order valence-electron chi connectivity index (χ0n) is 8.45. The van der Waals surface area contributed by atoms with Gasteiger partial charge in [0.15, 0.2) is 0 Å². The Hall–Kier alpha value is -1.18.